The van der Waals surface area contributed by atoms with Crippen molar-refractivity contribution in [3.63, 3.8) is 0 Å². The fourth-order valence-electron chi connectivity index (χ4n) is 2.23. The SMILES string of the molecule is CCOCCNS(=O)(=O)[C@H]1CCC[C@@H]1C(=O)OC. The average Bonchev–Trinajstić information content (AvgIpc) is 2.83. The third-order valence-corrected chi connectivity index (χ3v) is 5.08. The average molecular weight is 279 g/mol. The molecule has 1 N–H and O–H groups in total. The molecule has 0 aromatic heterocycles. The van der Waals surface area contributed by atoms with E-state index in [-0.39, 0.29) is 6.54 Å². The summed E-state index contributed by atoms with van der Waals surface area (Å²) >= 11 is 0. The first kappa shape index (κ1) is 15.4. The Morgan fingerprint density at radius 1 is 1.39 bits per heavy atom. The summed E-state index contributed by atoms with van der Waals surface area (Å²) in [5, 5.41) is -0.674. The van der Waals surface area contributed by atoms with E-state index in [0.717, 1.165) is 6.42 Å². The lowest BCUT2D eigenvalue weighted by molar-refractivity contribution is -0.145. The van der Waals surface area contributed by atoms with Gasteiger partial charge in [-0.3, -0.25) is 4.79 Å². The number of ether oxygens (including phenoxy) is 2. The van der Waals surface area contributed by atoms with Crippen molar-refractivity contribution >= 4 is 16.0 Å². The summed E-state index contributed by atoms with van der Waals surface area (Å²) in [5.41, 5.74) is 0. The van der Waals surface area contributed by atoms with Gasteiger partial charge < -0.3 is 9.47 Å². The van der Waals surface area contributed by atoms with Crippen LogP contribution in [0.3, 0.4) is 0 Å². The van der Waals surface area contributed by atoms with E-state index in [9.17, 15) is 13.2 Å². The predicted molar refractivity (Wildman–Crippen MR) is 66.6 cm³/mol. The van der Waals surface area contributed by atoms with Gasteiger partial charge in [0, 0.05) is 13.2 Å². The molecule has 7 heteroatoms. The highest BCUT2D eigenvalue weighted by Gasteiger charge is 2.41. The van der Waals surface area contributed by atoms with Gasteiger partial charge in [0.1, 0.15) is 0 Å². The maximum absolute atomic E-state index is 12.1. The lowest BCUT2D eigenvalue weighted by Gasteiger charge is -2.18. The zero-order chi connectivity index (χ0) is 13.6. The number of carbonyl (C=O) groups is 1. The van der Waals surface area contributed by atoms with Crippen LogP contribution in [0, 0.1) is 5.92 Å². The van der Waals surface area contributed by atoms with E-state index in [1.165, 1.54) is 7.11 Å². The molecule has 1 saturated carbocycles. The quantitative estimate of drug-likeness (QED) is 0.535. The minimum Gasteiger partial charge on any atom is -0.469 e. The highest BCUT2D eigenvalue weighted by Crippen LogP contribution is 2.31. The number of carbonyl (C=O) groups excluding carboxylic acids is 1. The molecule has 0 aromatic rings. The molecule has 0 aromatic carbocycles. The predicted octanol–water partition coefficient (Wildman–Crippen LogP) is 0.284. The third-order valence-electron chi connectivity index (χ3n) is 3.11. The van der Waals surface area contributed by atoms with Crippen LogP contribution in [-0.4, -0.2) is 46.5 Å². The van der Waals surface area contributed by atoms with Crippen molar-refractivity contribution in [2.75, 3.05) is 26.9 Å². The van der Waals surface area contributed by atoms with Crippen LogP contribution in [-0.2, 0) is 24.3 Å². The van der Waals surface area contributed by atoms with Gasteiger partial charge in [-0.15, -0.1) is 0 Å². The molecule has 0 saturated heterocycles. The monoisotopic (exact) mass is 279 g/mol. The molecular weight excluding hydrogens is 258 g/mol. The highest BCUT2D eigenvalue weighted by atomic mass is 32.2. The molecule has 0 aliphatic heterocycles. The van der Waals surface area contributed by atoms with Crippen LogP contribution in [0.25, 0.3) is 0 Å². The Balaban J connectivity index is 2.57. The molecular formula is C11H21NO5S. The molecule has 1 rings (SSSR count). The summed E-state index contributed by atoms with van der Waals surface area (Å²) in [5.74, 6) is -0.979. The largest absolute Gasteiger partial charge is 0.469 e. The van der Waals surface area contributed by atoms with E-state index in [4.69, 9.17) is 4.74 Å². The molecule has 6 nitrogen and oxygen atoms in total. The van der Waals surface area contributed by atoms with Crippen molar-refractivity contribution in [2.45, 2.75) is 31.4 Å². The molecule has 0 unspecified atom stereocenters. The molecule has 1 fully saturated rings. The van der Waals surface area contributed by atoms with Crippen LogP contribution < -0.4 is 4.72 Å². The first-order valence-corrected chi connectivity index (χ1v) is 7.71. The van der Waals surface area contributed by atoms with Crippen molar-refractivity contribution in [3.05, 3.63) is 0 Å². The first-order chi connectivity index (χ1) is 8.53. The molecule has 106 valence electrons. The smallest absolute Gasteiger partial charge is 0.310 e. The number of methoxy groups -OCH3 is 1. The number of hydrogen-bond donors (Lipinski definition) is 1. The second-order valence-corrected chi connectivity index (χ2v) is 6.22. The van der Waals surface area contributed by atoms with Crippen molar-refractivity contribution in [2.24, 2.45) is 5.92 Å². The van der Waals surface area contributed by atoms with Crippen molar-refractivity contribution in [1.82, 2.24) is 4.72 Å². The Bertz CT molecular complexity index is 368. The van der Waals surface area contributed by atoms with Gasteiger partial charge in [-0.05, 0) is 19.8 Å². The van der Waals surface area contributed by atoms with Crippen LogP contribution in [0.4, 0.5) is 0 Å². The van der Waals surface area contributed by atoms with Gasteiger partial charge in [0.25, 0.3) is 0 Å². The minimum atomic E-state index is -3.48. The topological polar surface area (TPSA) is 81.7 Å². The Hall–Kier alpha value is -0.660. The van der Waals surface area contributed by atoms with E-state index in [1.54, 1.807) is 0 Å². The summed E-state index contributed by atoms with van der Waals surface area (Å²) in [6, 6.07) is 0. The van der Waals surface area contributed by atoms with Crippen LogP contribution in [0.15, 0.2) is 0 Å². The van der Waals surface area contributed by atoms with E-state index in [1.807, 2.05) is 6.92 Å². The Morgan fingerprint density at radius 2 is 2.11 bits per heavy atom. The Morgan fingerprint density at radius 3 is 2.72 bits per heavy atom. The van der Waals surface area contributed by atoms with Crippen molar-refractivity contribution in [3.8, 4) is 0 Å². The summed E-state index contributed by atoms with van der Waals surface area (Å²) in [6.07, 6.45) is 1.81. The summed E-state index contributed by atoms with van der Waals surface area (Å²) in [7, 11) is -2.19. The van der Waals surface area contributed by atoms with Crippen LogP contribution in [0.2, 0.25) is 0 Å². The van der Waals surface area contributed by atoms with E-state index < -0.39 is 27.2 Å². The molecule has 0 heterocycles. The molecule has 1 aliphatic rings. The standard InChI is InChI=1S/C11H21NO5S/c1-3-17-8-7-12-18(14,15)10-6-4-5-9(10)11(13)16-2/h9-10,12H,3-8H2,1-2H3/t9-,10-/m0/s1. The molecule has 0 spiro atoms. The lowest BCUT2D eigenvalue weighted by Crippen LogP contribution is -2.40. The third kappa shape index (κ3) is 3.93. The molecule has 0 radical (unpaired) electrons. The van der Waals surface area contributed by atoms with E-state index in [0.29, 0.717) is 26.1 Å². The maximum Gasteiger partial charge on any atom is 0.310 e. The highest BCUT2D eigenvalue weighted by molar-refractivity contribution is 7.90. The number of nitrogens with one attached hydrogen (secondary N) is 1. The number of esters is 1. The fourth-order valence-corrected chi connectivity index (χ4v) is 3.96. The van der Waals surface area contributed by atoms with Crippen molar-refractivity contribution in [1.29, 1.82) is 0 Å². The number of sulfonamides is 1. The van der Waals surface area contributed by atoms with Gasteiger partial charge in [0.05, 0.1) is 24.9 Å². The fraction of sp³-hybridized carbons (Fsp3) is 0.909. The normalized spacial score (nSPS) is 24.1. The van der Waals surface area contributed by atoms with Gasteiger partial charge in [-0.2, -0.15) is 0 Å². The van der Waals surface area contributed by atoms with Crippen LogP contribution in [0.1, 0.15) is 26.2 Å². The zero-order valence-corrected chi connectivity index (χ0v) is 11.7. The Kier molecular flexibility index (Phi) is 6.04. The molecule has 18 heavy (non-hydrogen) atoms. The van der Waals surface area contributed by atoms with Gasteiger partial charge in [-0.1, -0.05) is 6.42 Å². The minimum absolute atomic E-state index is 0.237. The lowest BCUT2D eigenvalue weighted by atomic mass is 10.1. The summed E-state index contributed by atoms with van der Waals surface area (Å²) < 4.78 is 36.3. The molecule has 0 amide bonds. The van der Waals surface area contributed by atoms with E-state index >= 15 is 0 Å². The summed E-state index contributed by atoms with van der Waals surface area (Å²) in [6.45, 7) is 2.97. The van der Waals surface area contributed by atoms with Crippen LogP contribution >= 0.6 is 0 Å². The molecule has 2 atom stereocenters. The Labute approximate surface area is 108 Å². The van der Waals surface area contributed by atoms with Crippen molar-refractivity contribution < 1.29 is 22.7 Å². The van der Waals surface area contributed by atoms with Gasteiger partial charge in [0.15, 0.2) is 0 Å². The van der Waals surface area contributed by atoms with Gasteiger partial charge in [0.2, 0.25) is 10.0 Å². The number of hydrogen-bond acceptors (Lipinski definition) is 5. The van der Waals surface area contributed by atoms with E-state index in [2.05, 4.69) is 9.46 Å². The molecule has 1 aliphatic carbocycles. The van der Waals surface area contributed by atoms with Gasteiger partial charge >= 0.3 is 5.97 Å². The first-order valence-electron chi connectivity index (χ1n) is 6.17. The van der Waals surface area contributed by atoms with Gasteiger partial charge in [-0.25, -0.2) is 13.1 Å². The second kappa shape index (κ2) is 7.06. The van der Waals surface area contributed by atoms with Crippen LogP contribution in [0.5, 0.6) is 0 Å². The summed E-state index contributed by atoms with van der Waals surface area (Å²) in [4.78, 5) is 11.5. The molecule has 0 bridgehead atoms. The number of rotatable bonds is 7. The second-order valence-electron chi connectivity index (χ2n) is 4.24. The zero-order valence-electron chi connectivity index (χ0n) is 10.8. The maximum atomic E-state index is 12.1.